The Hall–Kier alpha value is -3.05. The van der Waals surface area contributed by atoms with Crippen molar-refractivity contribution < 1.29 is 13.7 Å². The number of carbonyl (C=O) groups excluding carboxylic acids is 1. The van der Waals surface area contributed by atoms with E-state index < -0.39 is 11.0 Å². The number of benzene rings is 1. The van der Waals surface area contributed by atoms with Crippen LogP contribution in [0.1, 0.15) is 28.8 Å². The molecule has 1 aliphatic carbocycles. The van der Waals surface area contributed by atoms with E-state index >= 15 is 0 Å². The third-order valence-corrected chi connectivity index (χ3v) is 7.22. The molecule has 4 rings (SSSR count). The van der Waals surface area contributed by atoms with Crippen LogP contribution in [-0.2, 0) is 28.6 Å². The standard InChI is InChI=1S/C18H19N5OS.C3H7NO2S/c1-24-14-7-12(20)10(8-19)6-13(14)23-17-16-11-4-2-3-5-15(11)25-18(16)22-9-21-17;1-4(3-5)7(2)6/h6-9,19H,2-5,20H2,1H3,(H,21,22,23);3H,1-2H3. The van der Waals surface area contributed by atoms with Crippen molar-refractivity contribution in [3.63, 3.8) is 0 Å². The van der Waals surface area contributed by atoms with E-state index in [1.165, 1.54) is 42.8 Å². The van der Waals surface area contributed by atoms with E-state index in [1.807, 2.05) is 6.07 Å². The van der Waals surface area contributed by atoms with Crippen molar-refractivity contribution >= 4 is 62.4 Å². The van der Waals surface area contributed by atoms with Gasteiger partial charge in [-0.15, -0.1) is 11.3 Å². The number of aromatic nitrogens is 2. The summed E-state index contributed by atoms with van der Waals surface area (Å²) in [7, 11) is 1.92. The molecule has 0 radical (unpaired) electrons. The Morgan fingerprint density at radius 1 is 1.31 bits per heavy atom. The molecule has 11 heteroatoms. The van der Waals surface area contributed by atoms with Gasteiger partial charge >= 0.3 is 0 Å². The molecule has 0 spiro atoms. The monoisotopic (exact) mass is 474 g/mol. The Balaban J connectivity index is 0.000000360. The van der Waals surface area contributed by atoms with E-state index in [4.69, 9.17) is 15.9 Å². The van der Waals surface area contributed by atoms with Gasteiger partial charge in [0.1, 0.15) is 33.7 Å². The van der Waals surface area contributed by atoms with Crippen LogP contribution < -0.4 is 15.8 Å². The predicted octanol–water partition coefficient (Wildman–Crippen LogP) is 3.27. The molecule has 4 N–H and O–H groups in total. The molecular weight excluding hydrogens is 448 g/mol. The van der Waals surface area contributed by atoms with Crippen LogP contribution in [0.5, 0.6) is 5.75 Å². The number of hydrogen-bond acceptors (Lipinski definition) is 9. The molecule has 170 valence electrons. The summed E-state index contributed by atoms with van der Waals surface area (Å²) in [5, 5.41) is 12.0. The van der Waals surface area contributed by atoms with Gasteiger partial charge in [0.2, 0.25) is 6.41 Å². The first-order valence-corrected chi connectivity index (χ1v) is 12.2. The fourth-order valence-electron chi connectivity index (χ4n) is 3.38. The average molecular weight is 475 g/mol. The number of aryl methyl sites for hydroxylation is 2. The van der Waals surface area contributed by atoms with Gasteiger partial charge in [0.25, 0.3) is 0 Å². The molecule has 1 aliphatic rings. The molecule has 2 heterocycles. The number of anilines is 3. The molecule has 0 bridgehead atoms. The summed E-state index contributed by atoms with van der Waals surface area (Å²) in [5.41, 5.74) is 9.22. The molecule has 1 aromatic carbocycles. The van der Waals surface area contributed by atoms with Gasteiger partial charge in [0, 0.05) is 41.7 Å². The van der Waals surface area contributed by atoms with E-state index in [9.17, 15) is 9.00 Å². The third kappa shape index (κ3) is 5.05. The fourth-order valence-corrected chi connectivity index (χ4v) is 4.73. The van der Waals surface area contributed by atoms with Crippen molar-refractivity contribution in [2.24, 2.45) is 0 Å². The number of hydrogen-bond donors (Lipinski definition) is 3. The van der Waals surface area contributed by atoms with Gasteiger partial charge in [-0.25, -0.2) is 14.2 Å². The highest BCUT2D eigenvalue weighted by Crippen LogP contribution is 2.40. The summed E-state index contributed by atoms with van der Waals surface area (Å²) in [5.74, 6) is 1.40. The molecule has 0 saturated carbocycles. The summed E-state index contributed by atoms with van der Waals surface area (Å²) in [6.45, 7) is 0. The molecular formula is C21H26N6O3S2. The normalized spacial score (nSPS) is 13.3. The second-order valence-electron chi connectivity index (χ2n) is 7.14. The average Bonchev–Trinajstić information content (AvgIpc) is 3.19. The lowest BCUT2D eigenvalue weighted by molar-refractivity contribution is -0.113. The van der Waals surface area contributed by atoms with Crippen molar-refractivity contribution in [1.29, 1.82) is 5.41 Å². The molecule has 32 heavy (non-hydrogen) atoms. The minimum Gasteiger partial charge on any atom is -0.494 e. The SMILES string of the molecule is CN(C=O)S(C)=O.COc1cc(N)c(C=N)cc1Nc1ncnc2sc3c(c12)CCCC3. The van der Waals surface area contributed by atoms with Gasteiger partial charge in [0.05, 0.1) is 18.2 Å². The van der Waals surface area contributed by atoms with E-state index in [2.05, 4.69) is 15.3 Å². The minimum atomic E-state index is -1.15. The van der Waals surface area contributed by atoms with Crippen LogP contribution in [-0.4, -0.2) is 51.5 Å². The van der Waals surface area contributed by atoms with Crippen molar-refractivity contribution in [1.82, 2.24) is 14.3 Å². The van der Waals surface area contributed by atoms with Crippen LogP contribution in [0.15, 0.2) is 18.5 Å². The van der Waals surface area contributed by atoms with Crippen molar-refractivity contribution in [2.45, 2.75) is 25.7 Å². The molecule has 1 atom stereocenters. The highest BCUT2D eigenvalue weighted by atomic mass is 32.2. The summed E-state index contributed by atoms with van der Waals surface area (Å²) in [6, 6.07) is 3.54. The maximum absolute atomic E-state index is 10.2. The lowest BCUT2D eigenvalue weighted by atomic mass is 9.97. The van der Waals surface area contributed by atoms with Gasteiger partial charge in [-0.2, -0.15) is 0 Å². The Bertz CT molecular complexity index is 1160. The zero-order chi connectivity index (χ0) is 23.3. The maximum atomic E-state index is 10.2. The highest BCUT2D eigenvalue weighted by molar-refractivity contribution is 7.82. The summed E-state index contributed by atoms with van der Waals surface area (Å²) >= 11 is 1.77. The Morgan fingerprint density at radius 3 is 2.69 bits per heavy atom. The van der Waals surface area contributed by atoms with Crippen molar-refractivity contribution in [2.75, 3.05) is 31.5 Å². The molecule has 0 fully saturated rings. The first-order valence-electron chi connectivity index (χ1n) is 9.91. The molecule has 1 unspecified atom stereocenters. The lowest BCUT2D eigenvalue weighted by Gasteiger charge is -2.15. The van der Waals surface area contributed by atoms with Crippen LogP contribution in [0.25, 0.3) is 10.2 Å². The number of methoxy groups -OCH3 is 1. The number of rotatable bonds is 6. The van der Waals surface area contributed by atoms with E-state index in [-0.39, 0.29) is 0 Å². The second-order valence-corrected chi connectivity index (χ2v) is 9.65. The largest absolute Gasteiger partial charge is 0.494 e. The molecule has 9 nitrogen and oxygen atoms in total. The Labute approximate surface area is 193 Å². The number of thiophene rings is 1. The number of nitrogens with one attached hydrogen (secondary N) is 2. The number of amides is 1. The van der Waals surface area contributed by atoms with Gasteiger partial charge < -0.3 is 21.2 Å². The topological polar surface area (TPSA) is 134 Å². The number of ether oxygens (including phenoxy) is 1. The van der Waals surface area contributed by atoms with Crippen LogP contribution in [0.4, 0.5) is 17.2 Å². The van der Waals surface area contributed by atoms with Crippen LogP contribution in [0.3, 0.4) is 0 Å². The highest BCUT2D eigenvalue weighted by Gasteiger charge is 2.20. The van der Waals surface area contributed by atoms with Crippen LogP contribution in [0.2, 0.25) is 0 Å². The fraction of sp³-hybridized carbons (Fsp3) is 0.333. The van der Waals surface area contributed by atoms with Crippen molar-refractivity contribution in [3.05, 3.63) is 34.5 Å². The molecule has 1 amide bonds. The van der Waals surface area contributed by atoms with Crippen LogP contribution in [0, 0.1) is 5.41 Å². The first-order chi connectivity index (χ1) is 15.4. The summed E-state index contributed by atoms with van der Waals surface area (Å²) in [4.78, 5) is 21.1. The number of nitrogens with zero attached hydrogens (tertiary/aromatic N) is 3. The van der Waals surface area contributed by atoms with E-state index in [1.54, 1.807) is 30.8 Å². The quantitative estimate of drug-likeness (QED) is 0.283. The summed E-state index contributed by atoms with van der Waals surface area (Å²) < 4.78 is 16.7. The lowest BCUT2D eigenvalue weighted by Crippen LogP contribution is -2.16. The van der Waals surface area contributed by atoms with Gasteiger partial charge in [-0.05, 0) is 37.3 Å². The number of carbonyl (C=O) groups is 1. The maximum Gasteiger partial charge on any atom is 0.221 e. The zero-order valence-corrected chi connectivity index (χ0v) is 19.8. The predicted molar refractivity (Wildman–Crippen MR) is 131 cm³/mol. The first kappa shape index (κ1) is 23.6. The Kier molecular flexibility index (Phi) is 7.75. The van der Waals surface area contributed by atoms with Crippen molar-refractivity contribution in [3.8, 4) is 5.75 Å². The minimum absolute atomic E-state index is 0.512. The molecule has 0 aliphatic heterocycles. The molecule has 3 aromatic rings. The smallest absolute Gasteiger partial charge is 0.221 e. The zero-order valence-electron chi connectivity index (χ0n) is 18.2. The summed E-state index contributed by atoms with van der Waals surface area (Å²) in [6.07, 6.45) is 9.43. The Morgan fingerprint density at radius 2 is 2.06 bits per heavy atom. The third-order valence-electron chi connectivity index (χ3n) is 5.12. The second kappa shape index (κ2) is 10.5. The molecule has 0 saturated heterocycles. The van der Waals surface area contributed by atoms with Gasteiger partial charge in [-0.1, -0.05) is 0 Å². The number of fused-ring (bicyclic) bond motifs is 3. The van der Waals surface area contributed by atoms with E-state index in [0.717, 1.165) is 38.9 Å². The number of nitrogens with two attached hydrogens (primary N) is 1. The van der Waals surface area contributed by atoms with Gasteiger partial charge in [0.15, 0.2) is 0 Å². The van der Waals surface area contributed by atoms with Crippen LogP contribution >= 0.6 is 11.3 Å². The van der Waals surface area contributed by atoms with Gasteiger partial charge in [-0.3, -0.25) is 9.10 Å². The number of nitrogen functional groups attached to an aromatic ring is 1. The molecule has 2 aromatic heterocycles. The van der Waals surface area contributed by atoms with E-state index in [0.29, 0.717) is 23.4 Å².